The largest absolute Gasteiger partial charge is 0.459 e. The lowest BCUT2D eigenvalue weighted by Gasteiger charge is -2.17. The van der Waals surface area contributed by atoms with Crippen LogP contribution in [0.3, 0.4) is 0 Å². The highest BCUT2D eigenvalue weighted by Crippen LogP contribution is 2.21. The van der Waals surface area contributed by atoms with Crippen molar-refractivity contribution in [3.63, 3.8) is 0 Å². The van der Waals surface area contributed by atoms with Crippen LogP contribution in [0.2, 0.25) is 0 Å². The normalized spacial score (nSPS) is 13.1. The SMILES string of the molecule is CCC(C)C(N)c1nc(C(=O)NC(CCCCNC(=O)OCc2ccccc2)C(=O)OCc2ccccc2)co1. The van der Waals surface area contributed by atoms with Crippen LogP contribution in [0.5, 0.6) is 0 Å². The van der Waals surface area contributed by atoms with Crippen LogP contribution in [-0.4, -0.2) is 35.5 Å². The number of unbranched alkanes of at least 4 members (excludes halogenated alkanes) is 1. The number of benzene rings is 2. The maximum Gasteiger partial charge on any atom is 0.407 e. The van der Waals surface area contributed by atoms with Gasteiger partial charge in [0.05, 0.1) is 6.04 Å². The summed E-state index contributed by atoms with van der Waals surface area (Å²) in [6.45, 7) is 4.60. The molecular weight excluding hydrogens is 512 g/mol. The summed E-state index contributed by atoms with van der Waals surface area (Å²) in [5.41, 5.74) is 7.94. The summed E-state index contributed by atoms with van der Waals surface area (Å²) in [7, 11) is 0. The maximum atomic E-state index is 12.9. The van der Waals surface area contributed by atoms with Crippen molar-refractivity contribution in [3.05, 3.63) is 89.6 Å². The third-order valence-electron chi connectivity index (χ3n) is 6.51. The van der Waals surface area contributed by atoms with Gasteiger partial charge in [-0.15, -0.1) is 0 Å². The van der Waals surface area contributed by atoms with E-state index in [0.29, 0.717) is 25.8 Å². The van der Waals surface area contributed by atoms with Crippen LogP contribution in [0.4, 0.5) is 4.79 Å². The van der Waals surface area contributed by atoms with Crippen molar-refractivity contribution >= 4 is 18.0 Å². The predicted octanol–water partition coefficient (Wildman–Crippen LogP) is 4.66. The van der Waals surface area contributed by atoms with Crippen molar-refractivity contribution in [1.82, 2.24) is 15.6 Å². The number of nitrogens with zero attached hydrogens (tertiary/aromatic N) is 1. The second kappa shape index (κ2) is 16.0. The Morgan fingerprint density at radius 3 is 2.20 bits per heavy atom. The van der Waals surface area contributed by atoms with Gasteiger partial charge in [0.25, 0.3) is 5.91 Å². The molecule has 2 aromatic carbocycles. The van der Waals surface area contributed by atoms with Crippen LogP contribution in [0, 0.1) is 5.92 Å². The van der Waals surface area contributed by atoms with Gasteiger partial charge < -0.3 is 30.3 Å². The quantitative estimate of drug-likeness (QED) is 0.183. The number of rotatable bonds is 15. The third-order valence-corrected chi connectivity index (χ3v) is 6.51. The number of hydrogen-bond donors (Lipinski definition) is 3. The van der Waals surface area contributed by atoms with E-state index in [0.717, 1.165) is 17.5 Å². The highest BCUT2D eigenvalue weighted by Gasteiger charge is 2.26. The van der Waals surface area contributed by atoms with E-state index in [1.165, 1.54) is 6.26 Å². The molecule has 0 radical (unpaired) electrons. The molecule has 3 unspecified atom stereocenters. The summed E-state index contributed by atoms with van der Waals surface area (Å²) in [6, 6.07) is 17.3. The average Bonchev–Trinajstić information content (AvgIpc) is 3.49. The number of ether oxygens (including phenoxy) is 2. The summed E-state index contributed by atoms with van der Waals surface area (Å²) in [5.74, 6) is -0.726. The van der Waals surface area contributed by atoms with Crippen LogP contribution in [0.25, 0.3) is 0 Å². The van der Waals surface area contributed by atoms with Gasteiger partial charge in [0.2, 0.25) is 5.89 Å². The summed E-state index contributed by atoms with van der Waals surface area (Å²) in [5, 5.41) is 5.41. The monoisotopic (exact) mass is 550 g/mol. The summed E-state index contributed by atoms with van der Waals surface area (Å²) >= 11 is 0. The zero-order valence-electron chi connectivity index (χ0n) is 23.0. The summed E-state index contributed by atoms with van der Waals surface area (Å²) in [4.78, 5) is 42.0. The second-order valence-corrected chi connectivity index (χ2v) is 9.59. The maximum absolute atomic E-state index is 12.9. The van der Waals surface area contributed by atoms with Gasteiger partial charge in [0.1, 0.15) is 25.5 Å². The first-order chi connectivity index (χ1) is 19.4. The molecule has 1 heterocycles. The molecule has 0 aliphatic carbocycles. The van der Waals surface area contributed by atoms with E-state index in [9.17, 15) is 14.4 Å². The first-order valence-electron chi connectivity index (χ1n) is 13.5. The van der Waals surface area contributed by atoms with Gasteiger partial charge in [-0.2, -0.15) is 0 Å². The molecule has 10 heteroatoms. The Labute approximate surface area is 234 Å². The number of amides is 2. The number of alkyl carbamates (subject to hydrolysis) is 1. The molecule has 0 aliphatic heterocycles. The predicted molar refractivity (Wildman–Crippen MR) is 149 cm³/mol. The molecule has 3 rings (SSSR count). The zero-order valence-corrected chi connectivity index (χ0v) is 23.0. The van der Waals surface area contributed by atoms with Crippen LogP contribution < -0.4 is 16.4 Å². The molecule has 0 fully saturated rings. The minimum atomic E-state index is -0.912. The number of nitrogens with two attached hydrogens (primary N) is 1. The summed E-state index contributed by atoms with van der Waals surface area (Å²) < 4.78 is 16.1. The average molecular weight is 551 g/mol. The number of oxazole rings is 1. The van der Waals surface area contributed by atoms with Crippen molar-refractivity contribution in [1.29, 1.82) is 0 Å². The molecule has 4 N–H and O–H groups in total. The van der Waals surface area contributed by atoms with Gasteiger partial charge in [0, 0.05) is 6.54 Å². The molecule has 40 heavy (non-hydrogen) atoms. The van der Waals surface area contributed by atoms with Crippen LogP contribution in [0.15, 0.2) is 71.3 Å². The van der Waals surface area contributed by atoms with Gasteiger partial charge >= 0.3 is 12.1 Å². The molecule has 3 aromatic rings. The molecule has 10 nitrogen and oxygen atoms in total. The number of carbonyl (C=O) groups excluding carboxylic acids is 3. The number of aromatic nitrogens is 1. The molecule has 0 saturated heterocycles. The van der Waals surface area contributed by atoms with E-state index in [1.807, 2.05) is 74.5 Å². The Kier molecular flexibility index (Phi) is 12.2. The Bertz CT molecular complexity index is 1200. The first kappa shape index (κ1) is 30.4. The van der Waals surface area contributed by atoms with E-state index in [1.54, 1.807) is 0 Å². The van der Waals surface area contributed by atoms with E-state index < -0.39 is 30.1 Å². The fourth-order valence-electron chi connectivity index (χ4n) is 3.79. The smallest absolute Gasteiger partial charge is 0.407 e. The highest BCUT2D eigenvalue weighted by molar-refractivity contribution is 5.94. The molecule has 0 saturated carbocycles. The molecule has 0 aliphatic rings. The van der Waals surface area contributed by atoms with E-state index in [-0.39, 0.29) is 30.7 Å². The fraction of sp³-hybridized carbons (Fsp3) is 0.400. The minimum Gasteiger partial charge on any atom is -0.459 e. The molecule has 1 aromatic heterocycles. The highest BCUT2D eigenvalue weighted by atomic mass is 16.5. The molecule has 0 spiro atoms. The minimum absolute atomic E-state index is 0.0393. The molecule has 3 atom stereocenters. The van der Waals surface area contributed by atoms with Crippen LogP contribution in [0.1, 0.15) is 73.1 Å². The van der Waals surface area contributed by atoms with Crippen molar-refractivity contribution < 1.29 is 28.3 Å². The molecule has 2 amide bonds. The van der Waals surface area contributed by atoms with Crippen molar-refractivity contribution in [3.8, 4) is 0 Å². The summed E-state index contributed by atoms with van der Waals surface area (Å²) in [6.07, 6.45) is 2.96. The van der Waals surface area contributed by atoms with Gasteiger partial charge in [-0.25, -0.2) is 14.6 Å². The first-order valence-corrected chi connectivity index (χ1v) is 13.5. The number of nitrogens with one attached hydrogen (secondary N) is 2. The van der Waals surface area contributed by atoms with E-state index in [4.69, 9.17) is 19.6 Å². The van der Waals surface area contributed by atoms with Crippen molar-refractivity contribution in [2.45, 2.75) is 64.8 Å². The lowest BCUT2D eigenvalue weighted by molar-refractivity contribution is -0.147. The number of esters is 1. The number of hydrogen-bond acceptors (Lipinski definition) is 8. The Hall–Kier alpha value is -4.18. The van der Waals surface area contributed by atoms with Crippen LogP contribution >= 0.6 is 0 Å². The third kappa shape index (κ3) is 9.85. The number of carbonyl (C=O) groups is 3. The Balaban J connectivity index is 1.51. The topological polar surface area (TPSA) is 146 Å². The lowest BCUT2D eigenvalue weighted by atomic mass is 10.0. The van der Waals surface area contributed by atoms with Crippen LogP contribution in [-0.2, 0) is 27.5 Å². The van der Waals surface area contributed by atoms with Gasteiger partial charge in [-0.05, 0) is 36.3 Å². The Morgan fingerprint density at radius 2 is 1.57 bits per heavy atom. The van der Waals surface area contributed by atoms with E-state index >= 15 is 0 Å². The molecule has 214 valence electrons. The fourth-order valence-corrected chi connectivity index (χ4v) is 3.79. The molecule has 0 bridgehead atoms. The van der Waals surface area contributed by atoms with Gasteiger partial charge in [-0.1, -0.05) is 80.9 Å². The van der Waals surface area contributed by atoms with Gasteiger partial charge in [-0.3, -0.25) is 4.79 Å². The lowest BCUT2D eigenvalue weighted by Crippen LogP contribution is -2.42. The second-order valence-electron chi connectivity index (χ2n) is 9.59. The van der Waals surface area contributed by atoms with Crippen molar-refractivity contribution in [2.75, 3.05) is 6.54 Å². The molecular formula is C30H38N4O6. The van der Waals surface area contributed by atoms with E-state index in [2.05, 4.69) is 15.6 Å². The zero-order chi connectivity index (χ0) is 28.7. The van der Waals surface area contributed by atoms with Crippen molar-refractivity contribution in [2.24, 2.45) is 11.7 Å². The van der Waals surface area contributed by atoms with Gasteiger partial charge in [0.15, 0.2) is 5.69 Å². The standard InChI is InChI=1S/C30H38N4O6/c1-3-21(2)26(31)28-34-25(20-38-28)27(35)33-24(29(36)39-18-22-12-6-4-7-13-22)16-10-11-17-32-30(37)40-19-23-14-8-5-9-15-23/h4-9,12-15,20-21,24,26H,3,10-11,16-19,31H2,1-2H3,(H,32,37)(H,33,35). The Morgan fingerprint density at radius 1 is 0.950 bits per heavy atom.